The molecule has 0 saturated heterocycles. The minimum absolute atomic E-state index is 0.407. The molecule has 0 aliphatic rings. The number of amides is 1. The lowest BCUT2D eigenvalue weighted by Gasteiger charge is -2.22. The van der Waals surface area contributed by atoms with Crippen molar-refractivity contribution < 1.29 is 14.7 Å². The third-order valence-electron chi connectivity index (χ3n) is 5.63. The van der Waals surface area contributed by atoms with Gasteiger partial charge in [0.1, 0.15) is 6.04 Å². The quantitative estimate of drug-likeness (QED) is 0.326. The van der Waals surface area contributed by atoms with E-state index in [0.29, 0.717) is 18.7 Å². The minimum Gasteiger partial charge on any atom is -0.480 e. The number of nitrogens with zero attached hydrogens (tertiary/aromatic N) is 2. The van der Waals surface area contributed by atoms with Crippen LogP contribution in [0.2, 0.25) is 0 Å². The molecule has 0 spiro atoms. The SMILES string of the molecule is Cc1sc(N(Cc2ccccc2)Cc2ccc(C(=O)NC(C)C(=O)O)cc2)nc1-c1ccccc1. The second kappa shape index (κ2) is 11.0. The number of carboxylic acid groups (broad SMARTS) is 1. The molecule has 0 bridgehead atoms. The van der Waals surface area contributed by atoms with Crippen molar-refractivity contribution in [1.82, 2.24) is 10.3 Å². The van der Waals surface area contributed by atoms with Crippen LogP contribution in [0.4, 0.5) is 5.13 Å². The van der Waals surface area contributed by atoms with Gasteiger partial charge in [0.25, 0.3) is 5.91 Å². The molecule has 6 nitrogen and oxygen atoms in total. The van der Waals surface area contributed by atoms with Crippen LogP contribution in [0.3, 0.4) is 0 Å². The average Bonchev–Trinajstić information content (AvgIpc) is 3.26. The number of hydrogen-bond acceptors (Lipinski definition) is 5. The first-order valence-electron chi connectivity index (χ1n) is 11.3. The summed E-state index contributed by atoms with van der Waals surface area (Å²) in [7, 11) is 0. The highest BCUT2D eigenvalue weighted by atomic mass is 32.1. The standard InChI is InChI=1S/C28H27N3O3S/c1-19(27(33)34)29-26(32)24-15-13-22(14-16-24)18-31(17-21-9-5-3-6-10-21)28-30-25(20(2)35-28)23-11-7-4-8-12-23/h3-16,19H,17-18H2,1-2H3,(H,29,32)(H,33,34). The summed E-state index contributed by atoms with van der Waals surface area (Å²) in [5.41, 5.74) is 4.72. The zero-order valence-electron chi connectivity index (χ0n) is 19.6. The fourth-order valence-corrected chi connectivity index (χ4v) is 4.63. The zero-order valence-corrected chi connectivity index (χ0v) is 20.5. The number of aliphatic carboxylic acids is 1. The summed E-state index contributed by atoms with van der Waals surface area (Å²) in [4.78, 5) is 31.7. The van der Waals surface area contributed by atoms with Crippen molar-refractivity contribution in [3.05, 3.63) is 106 Å². The molecule has 0 fully saturated rings. The van der Waals surface area contributed by atoms with Gasteiger partial charge in [-0.1, -0.05) is 72.8 Å². The molecule has 0 radical (unpaired) electrons. The number of carbonyl (C=O) groups excluding carboxylic acids is 1. The fraction of sp³-hybridized carbons (Fsp3) is 0.179. The van der Waals surface area contributed by atoms with E-state index in [0.717, 1.165) is 26.8 Å². The smallest absolute Gasteiger partial charge is 0.325 e. The van der Waals surface area contributed by atoms with Crippen molar-refractivity contribution in [3.63, 3.8) is 0 Å². The molecule has 0 aliphatic carbocycles. The zero-order chi connectivity index (χ0) is 24.8. The van der Waals surface area contributed by atoms with E-state index in [2.05, 4.69) is 41.4 Å². The maximum Gasteiger partial charge on any atom is 0.325 e. The lowest BCUT2D eigenvalue weighted by atomic mass is 10.1. The molecule has 178 valence electrons. The Bertz CT molecular complexity index is 1290. The molecule has 2 N–H and O–H groups in total. The first-order valence-corrected chi connectivity index (χ1v) is 12.2. The number of carbonyl (C=O) groups is 2. The van der Waals surface area contributed by atoms with Crippen molar-refractivity contribution >= 4 is 28.3 Å². The van der Waals surface area contributed by atoms with Gasteiger partial charge in [-0.05, 0) is 37.1 Å². The van der Waals surface area contributed by atoms with Crippen LogP contribution in [0.1, 0.15) is 33.3 Å². The van der Waals surface area contributed by atoms with Crippen LogP contribution in [-0.4, -0.2) is 28.0 Å². The summed E-state index contributed by atoms with van der Waals surface area (Å²) in [5.74, 6) is -1.48. The molecule has 1 atom stereocenters. The van der Waals surface area contributed by atoms with E-state index in [4.69, 9.17) is 10.1 Å². The Morgan fingerprint density at radius 2 is 1.49 bits per heavy atom. The lowest BCUT2D eigenvalue weighted by Crippen LogP contribution is -2.38. The molecule has 4 rings (SSSR count). The highest BCUT2D eigenvalue weighted by Gasteiger charge is 2.18. The van der Waals surface area contributed by atoms with Crippen molar-refractivity contribution in [1.29, 1.82) is 0 Å². The fourth-order valence-electron chi connectivity index (χ4n) is 3.70. The molecule has 4 aromatic rings. The molecule has 1 heterocycles. The first kappa shape index (κ1) is 24.2. The van der Waals surface area contributed by atoms with E-state index >= 15 is 0 Å². The molecular formula is C28H27N3O3S. The Morgan fingerprint density at radius 1 is 0.914 bits per heavy atom. The van der Waals surface area contributed by atoms with Gasteiger partial charge in [-0.25, -0.2) is 4.98 Å². The molecule has 0 saturated carbocycles. The van der Waals surface area contributed by atoms with E-state index in [1.165, 1.54) is 12.5 Å². The van der Waals surface area contributed by atoms with Gasteiger partial charge < -0.3 is 15.3 Å². The molecule has 0 aliphatic heterocycles. The van der Waals surface area contributed by atoms with Crippen LogP contribution in [0, 0.1) is 6.92 Å². The van der Waals surface area contributed by atoms with E-state index in [1.807, 2.05) is 48.5 Å². The van der Waals surface area contributed by atoms with Gasteiger partial charge in [0.2, 0.25) is 0 Å². The number of benzene rings is 3. The number of nitrogens with one attached hydrogen (secondary N) is 1. The maximum atomic E-state index is 12.3. The predicted molar refractivity (Wildman–Crippen MR) is 140 cm³/mol. The highest BCUT2D eigenvalue weighted by Crippen LogP contribution is 2.33. The normalized spacial score (nSPS) is 11.6. The molecular weight excluding hydrogens is 458 g/mol. The number of anilines is 1. The van der Waals surface area contributed by atoms with Crippen LogP contribution in [0.5, 0.6) is 0 Å². The summed E-state index contributed by atoms with van der Waals surface area (Å²) < 4.78 is 0. The van der Waals surface area contributed by atoms with E-state index in [-0.39, 0.29) is 0 Å². The largest absolute Gasteiger partial charge is 0.480 e. The van der Waals surface area contributed by atoms with Gasteiger partial charge in [0.15, 0.2) is 5.13 Å². The Kier molecular flexibility index (Phi) is 7.57. The molecule has 1 aromatic heterocycles. The van der Waals surface area contributed by atoms with Crippen LogP contribution in [0.25, 0.3) is 11.3 Å². The number of rotatable bonds is 9. The minimum atomic E-state index is -1.07. The third-order valence-corrected chi connectivity index (χ3v) is 6.66. The van der Waals surface area contributed by atoms with Crippen molar-refractivity contribution in [2.24, 2.45) is 0 Å². The van der Waals surface area contributed by atoms with Crippen LogP contribution >= 0.6 is 11.3 Å². The van der Waals surface area contributed by atoms with E-state index in [1.54, 1.807) is 23.5 Å². The Balaban J connectivity index is 1.57. The van der Waals surface area contributed by atoms with Crippen LogP contribution in [0.15, 0.2) is 84.9 Å². The summed E-state index contributed by atoms with van der Waals surface area (Å²) in [6.07, 6.45) is 0. The first-order chi connectivity index (χ1) is 16.9. The maximum absolute atomic E-state index is 12.3. The van der Waals surface area contributed by atoms with Crippen LogP contribution in [-0.2, 0) is 17.9 Å². The van der Waals surface area contributed by atoms with Gasteiger partial charge in [-0.15, -0.1) is 11.3 Å². The van der Waals surface area contributed by atoms with E-state index in [9.17, 15) is 9.59 Å². The number of thiazole rings is 1. The summed E-state index contributed by atoms with van der Waals surface area (Å²) in [5, 5.41) is 12.4. The average molecular weight is 486 g/mol. The highest BCUT2D eigenvalue weighted by molar-refractivity contribution is 7.16. The molecule has 3 aromatic carbocycles. The number of aryl methyl sites for hydroxylation is 1. The van der Waals surface area contributed by atoms with Gasteiger partial charge in [0, 0.05) is 29.1 Å². The molecule has 7 heteroatoms. The predicted octanol–water partition coefficient (Wildman–Crippen LogP) is 5.53. The van der Waals surface area contributed by atoms with Crippen molar-refractivity contribution in [2.45, 2.75) is 33.0 Å². The van der Waals surface area contributed by atoms with Gasteiger partial charge in [-0.3, -0.25) is 9.59 Å². The second-order valence-corrected chi connectivity index (χ2v) is 9.52. The summed E-state index contributed by atoms with van der Waals surface area (Å²) in [6, 6.07) is 26.7. The number of hydrogen-bond donors (Lipinski definition) is 2. The molecule has 35 heavy (non-hydrogen) atoms. The lowest BCUT2D eigenvalue weighted by molar-refractivity contribution is -0.138. The summed E-state index contributed by atoms with van der Waals surface area (Å²) in [6.45, 7) is 4.84. The Morgan fingerprint density at radius 3 is 2.09 bits per heavy atom. The van der Waals surface area contributed by atoms with Gasteiger partial charge >= 0.3 is 5.97 Å². The van der Waals surface area contributed by atoms with Crippen molar-refractivity contribution in [2.75, 3.05) is 4.90 Å². The Labute approximate surface area is 208 Å². The second-order valence-electron chi connectivity index (χ2n) is 8.34. The van der Waals surface area contributed by atoms with Gasteiger partial charge in [0.05, 0.1) is 5.69 Å². The number of aromatic nitrogens is 1. The third kappa shape index (κ3) is 6.13. The molecule has 1 amide bonds. The Hall–Kier alpha value is -3.97. The monoisotopic (exact) mass is 485 g/mol. The van der Waals surface area contributed by atoms with Crippen molar-refractivity contribution in [3.8, 4) is 11.3 Å². The number of carboxylic acids is 1. The van der Waals surface area contributed by atoms with E-state index < -0.39 is 17.9 Å². The van der Waals surface area contributed by atoms with Crippen LogP contribution < -0.4 is 10.2 Å². The molecule has 1 unspecified atom stereocenters. The van der Waals surface area contributed by atoms with Gasteiger partial charge in [-0.2, -0.15) is 0 Å². The topological polar surface area (TPSA) is 82.5 Å². The summed E-state index contributed by atoms with van der Waals surface area (Å²) >= 11 is 1.67.